The predicted molar refractivity (Wildman–Crippen MR) is 53.0 cm³/mol. The van der Waals surface area contributed by atoms with Crippen molar-refractivity contribution in [3.63, 3.8) is 0 Å². The van der Waals surface area contributed by atoms with Crippen molar-refractivity contribution in [1.82, 2.24) is 5.32 Å². The highest BCUT2D eigenvalue weighted by Gasteiger charge is 2.37. The number of nitrogens with one attached hydrogen (secondary N) is 1. The van der Waals surface area contributed by atoms with Crippen LogP contribution in [0.1, 0.15) is 11.1 Å². The third kappa shape index (κ3) is 1.46. The van der Waals surface area contributed by atoms with Gasteiger partial charge in [-0.3, -0.25) is 0 Å². The Hall–Kier alpha value is -0.570. The number of hydrogen-bond donors (Lipinski definition) is 2. The molecule has 1 saturated heterocycles. The summed E-state index contributed by atoms with van der Waals surface area (Å²) in [5.41, 5.74) is 1.22. The highest BCUT2D eigenvalue weighted by Crippen LogP contribution is 2.31. The summed E-state index contributed by atoms with van der Waals surface area (Å²) in [7, 11) is 0. The first-order valence-corrected chi connectivity index (χ1v) is 4.69. The number of aliphatic hydroxyl groups is 1. The van der Waals surface area contributed by atoms with Crippen molar-refractivity contribution in [2.24, 2.45) is 0 Å². The fourth-order valence-electron chi connectivity index (χ4n) is 1.55. The maximum absolute atomic E-state index is 10.0. The molecule has 0 spiro atoms. The lowest BCUT2D eigenvalue weighted by Gasteiger charge is -2.38. The molecule has 3 heteroatoms. The highest BCUT2D eigenvalue weighted by molar-refractivity contribution is 6.31. The first-order valence-electron chi connectivity index (χ1n) is 4.31. The predicted octanol–water partition coefficient (Wildman–Crippen LogP) is 1.44. The molecule has 13 heavy (non-hydrogen) atoms. The van der Waals surface area contributed by atoms with Crippen molar-refractivity contribution >= 4 is 11.6 Å². The van der Waals surface area contributed by atoms with Gasteiger partial charge in [0.2, 0.25) is 0 Å². The van der Waals surface area contributed by atoms with E-state index >= 15 is 0 Å². The second-order valence-corrected chi connectivity index (χ2v) is 4.03. The first kappa shape index (κ1) is 9.00. The Kier molecular flexibility index (Phi) is 2.06. The van der Waals surface area contributed by atoms with Crippen molar-refractivity contribution in [3.05, 3.63) is 34.3 Å². The summed E-state index contributed by atoms with van der Waals surface area (Å²) in [6, 6.07) is 5.73. The summed E-state index contributed by atoms with van der Waals surface area (Å²) < 4.78 is 0. The van der Waals surface area contributed by atoms with Gasteiger partial charge in [-0.2, -0.15) is 0 Å². The smallest absolute Gasteiger partial charge is 0.116 e. The lowest BCUT2D eigenvalue weighted by atomic mass is 9.87. The van der Waals surface area contributed by atoms with Crippen LogP contribution in [0.4, 0.5) is 0 Å². The van der Waals surface area contributed by atoms with Gasteiger partial charge in [-0.1, -0.05) is 29.3 Å². The minimum absolute atomic E-state index is 0.593. The number of rotatable bonds is 1. The second-order valence-electron chi connectivity index (χ2n) is 3.62. The van der Waals surface area contributed by atoms with Crippen LogP contribution in [0.3, 0.4) is 0 Å². The molecule has 0 radical (unpaired) electrons. The molecule has 0 unspecified atom stereocenters. The van der Waals surface area contributed by atoms with Crippen LogP contribution in [0.2, 0.25) is 5.02 Å². The summed E-state index contributed by atoms with van der Waals surface area (Å²) in [4.78, 5) is 0. The van der Waals surface area contributed by atoms with Crippen molar-refractivity contribution in [3.8, 4) is 0 Å². The summed E-state index contributed by atoms with van der Waals surface area (Å²) in [6.07, 6.45) is 0. The van der Waals surface area contributed by atoms with E-state index in [2.05, 4.69) is 5.32 Å². The Morgan fingerprint density at radius 1 is 1.46 bits per heavy atom. The monoisotopic (exact) mass is 197 g/mol. The summed E-state index contributed by atoms with van der Waals surface area (Å²) in [5.74, 6) is 0. The van der Waals surface area contributed by atoms with Crippen LogP contribution in [0.5, 0.6) is 0 Å². The Morgan fingerprint density at radius 3 is 2.69 bits per heavy atom. The van der Waals surface area contributed by atoms with E-state index in [1.165, 1.54) is 0 Å². The molecule has 1 aromatic rings. The molecule has 2 rings (SSSR count). The van der Waals surface area contributed by atoms with Crippen LogP contribution in [0.15, 0.2) is 18.2 Å². The first-order chi connectivity index (χ1) is 6.12. The van der Waals surface area contributed by atoms with E-state index in [0.29, 0.717) is 18.1 Å². The van der Waals surface area contributed by atoms with Crippen LogP contribution < -0.4 is 5.32 Å². The van der Waals surface area contributed by atoms with Gasteiger partial charge in [0.1, 0.15) is 5.60 Å². The Balaban J connectivity index is 2.43. The molecule has 1 aliphatic heterocycles. The third-order valence-electron chi connectivity index (χ3n) is 2.46. The van der Waals surface area contributed by atoms with Crippen LogP contribution in [-0.4, -0.2) is 18.2 Å². The van der Waals surface area contributed by atoms with Gasteiger partial charge >= 0.3 is 0 Å². The average molecular weight is 198 g/mol. The Morgan fingerprint density at radius 2 is 2.15 bits per heavy atom. The van der Waals surface area contributed by atoms with Crippen molar-refractivity contribution in [1.29, 1.82) is 0 Å². The Labute approximate surface area is 82.5 Å². The van der Waals surface area contributed by atoms with Gasteiger partial charge < -0.3 is 10.4 Å². The summed E-state index contributed by atoms with van der Waals surface area (Å²) >= 11 is 6.01. The van der Waals surface area contributed by atoms with Crippen molar-refractivity contribution < 1.29 is 5.11 Å². The molecule has 2 N–H and O–H groups in total. The molecule has 0 aliphatic carbocycles. The number of benzene rings is 1. The molecule has 70 valence electrons. The van der Waals surface area contributed by atoms with E-state index in [9.17, 15) is 5.11 Å². The zero-order chi connectivity index (χ0) is 9.47. The molecule has 1 fully saturated rings. The van der Waals surface area contributed by atoms with Gasteiger partial charge in [-0.05, 0) is 13.0 Å². The fraction of sp³-hybridized carbons (Fsp3) is 0.400. The van der Waals surface area contributed by atoms with Gasteiger partial charge in [0.15, 0.2) is 0 Å². The quantitative estimate of drug-likeness (QED) is 0.714. The molecule has 1 heterocycles. The van der Waals surface area contributed by atoms with Gasteiger partial charge in [-0.15, -0.1) is 0 Å². The molecule has 0 aromatic heterocycles. The topological polar surface area (TPSA) is 32.3 Å². The lowest BCUT2D eigenvalue weighted by molar-refractivity contribution is -0.0146. The Bertz CT molecular complexity index is 334. The third-order valence-corrected chi connectivity index (χ3v) is 2.79. The van der Waals surface area contributed by atoms with Crippen LogP contribution in [0.25, 0.3) is 0 Å². The van der Waals surface area contributed by atoms with E-state index in [-0.39, 0.29) is 0 Å². The number of β-amino-alcohol motifs (C(OH)–C–C–N with tert-alkyl or cyclic N) is 1. The van der Waals surface area contributed by atoms with Crippen molar-refractivity contribution in [2.45, 2.75) is 12.5 Å². The van der Waals surface area contributed by atoms with E-state index in [1.54, 1.807) is 0 Å². The normalized spacial score (nSPS) is 19.6. The summed E-state index contributed by atoms with van der Waals surface area (Å²) in [5, 5.41) is 13.7. The average Bonchev–Trinajstić information content (AvgIpc) is 2.05. The van der Waals surface area contributed by atoms with Gasteiger partial charge in [0.25, 0.3) is 0 Å². The largest absolute Gasteiger partial charge is 0.382 e. The van der Waals surface area contributed by atoms with Crippen molar-refractivity contribution in [2.75, 3.05) is 13.1 Å². The standard InChI is InChI=1S/C10H12ClNO/c1-7-2-3-9(11)8(4-7)10(13)5-12-6-10/h2-4,12-13H,5-6H2,1H3. The minimum atomic E-state index is -0.747. The molecule has 2 nitrogen and oxygen atoms in total. The van der Waals surface area contributed by atoms with Gasteiger partial charge in [0.05, 0.1) is 0 Å². The van der Waals surface area contributed by atoms with Crippen LogP contribution in [0, 0.1) is 6.92 Å². The zero-order valence-electron chi connectivity index (χ0n) is 7.47. The molecule has 0 bridgehead atoms. The molecule has 0 saturated carbocycles. The minimum Gasteiger partial charge on any atom is -0.382 e. The maximum atomic E-state index is 10.0. The molecule has 1 aliphatic rings. The van der Waals surface area contributed by atoms with Gasteiger partial charge in [-0.25, -0.2) is 0 Å². The van der Waals surface area contributed by atoms with Crippen LogP contribution in [-0.2, 0) is 5.60 Å². The van der Waals surface area contributed by atoms with E-state index in [0.717, 1.165) is 11.1 Å². The highest BCUT2D eigenvalue weighted by atomic mass is 35.5. The SMILES string of the molecule is Cc1ccc(Cl)c(C2(O)CNC2)c1. The van der Waals surface area contributed by atoms with E-state index in [4.69, 9.17) is 11.6 Å². The number of aryl methyl sites for hydroxylation is 1. The molecule has 0 amide bonds. The molecule has 1 aromatic carbocycles. The van der Waals surface area contributed by atoms with Crippen LogP contribution >= 0.6 is 11.6 Å². The number of halogens is 1. The molecule has 0 atom stereocenters. The molecular formula is C10H12ClNO. The lowest BCUT2D eigenvalue weighted by Crippen LogP contribution is -2.56. The number of hydrogen-bond acceptors (Lipinski definition) is 2. The van der Waals surface area contributed by atoms with E-state index in [1.807, 2.05) is 25.1 Å². The fourth-order valence-corrected chi connectivity index (χ4v) is 1.84. The second kappa shape index (κ2) is 2.98. The zero-order valence-corrected chi connectivity index (χ0v) is 8.23. The maximum Gasteiger partial charge on any atom is 0.116 e. The van der Waals surface area contributed by atoms with E-state index < -0.39 is 5.60 Å². The molecular weight excluding hydrogens is 186 g/mol. The van der Waals surface area contributed by atoms with Gasteiger partial charge in [0, 0.05) is 23.7 Å². The summed E-state index contributed by atoms with van der Waals surface area (Å²) in [6.45, 7) is 3.18.